The van der Waals surface area contributed by atoms with Crippen molar-refractivity contribution in [2.75, 3.05) is 13.1 Å². The van der Waals surface area contributed by atoms with E-state index in [-0.39, 0.29) is 0 Å². The van der Waals surface area contributed by atoms with Crippen LogP contribution in [0.5, 0.6) is 0 Å². The van der Waals surface area contributed by atoms with Crippen LogP contribution in [0, 0.1) is 5.92 Å². The molecule has 0 spiro atoms. The molecule has 0 heterocycles. The van der Waals surface area contributed by atoms with E-state index in [0.29, 0.717) is 5.02 Å². The number of benzene rings is 1. The molecule has 0 bridgehead atoms. The van der Waals surface area contributed by atoms with Gasteiger partial charge in [-0.3, -0.25) is 0 Å². The second-order valence-electron chi connectivity index (χ2n) is 4.20. The largest absolute Gasteiger partial charge is 0.316 e. The number of hydrogen-bond acceptors (Lipinski definition) is 1. The van der Waals surface area contributed by atoms with Gasteiger partial charge in [0.2, 0.25) is 0 Å². The van der Waals surface area contributed by atoms with Crippen LogP contribution in [0.4, 0.5) is 0 Å². The van der Waals surface area contributed by atoms with Crippen molar-refractivity contribution in [3.63, 3.8) is 0 Å². The van der Waals surface area contributed by atoms with Crippen molar-refractivity contribution in [2.45, 2.75) is 26.7 Å². The van der Waals surface area contributed by atoms with Gasteiger partial charge in [-0.15, -0.1) is 0 Å². The Bertz CT molecular complexity index is 326. The number of halogens is 2. The highest BCUT2D eigenvalue weighted by atomic mass is 35.5. The summed E-state index contributed by atoms with van der Waals surface area (Å²) in [4.78, 5) is 0. The van der Waals surface area contributed by atoms with Crippen LogP contribution in [0.2, 0.25) is 10.0 Å². The van der Waals surface area contributed by atoms with Gasteiger partial charge in [-0.05, 0) is 43.1 Å². The highest BCUT2D eigenvalue weighted by molar-refractivity contribution is 6.35. The molecule has 0 saturated carbocycles. The first-order valence-electron chi connectivity index (χ1n) is 5.78. The van der Waals surface area contributed by atoms with Gasteiger partial charge in [0.25, 0.3) is 0 Å². The Balaban J connectivity index is 2.32. The quantitative estimate of drug-likeness (QED) is 0.757. The molecule has 16 heavy (non-hydrogen) atoms. The van der Waals surface area contributed by atoms with Gasteiger partial charge in [0.1, 0.15) is 0 Å². The van der Waals surface area contributed by atoms with Gasteiger partial charge in [-0.2, -0.15) is 0 Å². The van der Waals surface area contributed by atoms with Crippen LogP contribution in [0.15, 0.2) is 18.2 Å². The Hall–Kier alpha value is -0.240. The third-order valence-electron chi connectivity index (χ3n) is 2.78. The van der Waals surface area contributed by atoms with E-state index in [1.54, 1.807) is 6.07 Å². The number of nitrogens with one attached hydrogen (secondary N) is 1. The van der Waals surface area contributed by atoms with Gasteiger partial charge >= 0.3 is 0 Å². The van der Waals surface area contributed by atoms with Gasteiger partial charge in [-0.25, -0.2) is 0 Å². The lowest BCUT2D eigenvalue weighted by Gasteiger charge is -2.10. The summed E-state index contributed by atoms with van der Waals surface area (Å²) in [5.41, 5.74) is 1.16. The molecule has 0 radical (unpaired) electrons. The fourth-order valence-electron chi connectivity index (χ4n) is 1.44. The second kappa shape index (κ2) is 7.16. The van der Waals surface area contributed by atoms with Crippen LogP contribution >= 0.6 is 23.2 Å². The summed E-state index contributed by atoms with van der Waals surface area (Å²) in [5.74, 6) is 0.737. The average molecular weight is 260 g/mol. The van der Waals surface area contributed by atoms with E-state index >= 15 is 0 Å². The first-order chi connectivity index (χ1) is 7.63. The lowest BCUT2D eigenvalue weighted by atomic mass is 10.1. The van der Waals surface area contributed by atoms with Gasteiger partial charge in [0.15, 0.2) is 0 Å². The van der Waals surface area contributed by atoms with Crippen molar-refractivity contribution >= 4 is 23.2 Å². The Labute approximate surface area is 108 Å². The predicted molar refractivity (Wildman–Crippen MR) is 72.5 cm³/mol. The standard InChI is InChI=1S/C13H19Cl2N/c1-3-10(2)9-16-7-6-11-4-5-12(14)8-13(11)15/h4-5,8,10,16H,3,6-7,9H2,1-2H3. The molecule has 0 aromatic heterocycles. The SMILES string of the molecule is CCC(C)CNCCc1ccc(Cl)cc1Cl. The van der Waals surface area contributed by atoms with Crippen molar-refractivity contribution in [2.24, 2.45) is 5.92 Å². The third kappa shape index (κ3) is 4.73. The molecule has 0 aliphatic rings. The minimum absolute atomic E-state index is 0.696. The molecule has 1 rings (SSSR count). The fraction of sp³-hybridized carbons (Fsp3) is 0.538. The zero-order valence-electron chi connectivity index (χ0n) is 9.89. The maximum absolute atomic E-state index is 6.09. The van der Waals surface area contributed by atoms with Crippen molar-refractivity contribution in [1.29, 1.82) is 0 Å². The normalized spacial score (nSPS) is 12.8. The summed E-state index contributed by atoms with van der Waals surface area (Å²) in [6, 6.07) is 5.68. The fourth-order valence-corrected chi connectivity index (χ4v) is 1.94. The molecule has 3 heteroatoms. The van der Waals surface area contributed by atoms with Crippen molar-refractivity contribution < 1.29 is 0 Å². The van der Waals surface area contributed by atoms with Gasteiger partial charge in [-0.1, -0.05) is 49.5 Å². The summed E-state index contributed by atoms with van der Waals surface area (Å²) in [7, 11) is 0. The Kier molecular flexibility index (Phi) is 6.18. The highest BCUT2D eigenvalue weighted by Crippen LogP contribution is 2.20. The van der Waals surface area contributed by atoms with E-state index in [1.807, 2.05) is 12.1 Å². The van der Waals surface area contributed by atoms with Crippen LogP contribution < -0.4 is 5.32 Å². The lowest BCUT2D eigenvalue weighted by Crippen LogP contribution is -2.23. The molecule has 1 aromatic carbocycles. The molecule has 90 valence electrons. The van der Waals surface area contributed by atoms with Gasteiger partial charge in [0, 0.05) is 10.0 Å². The maximum Gasteiger partial charge on any atom is 0.0453 e. The maximum atomic E-state index is 6.09. The van der Waals surface area contributed by atoms with E-state index < -0.39 is 0 Å². The van der Waals surface area contributed by atoms with E-state index in [4.69, 9.17) is 23.2 Å². The van der Waals surface area contributed by atoms with Gasteiger partial charge < -0.3 is 5.32 Å². The van der Waals surface area contributed by atoms with E-state index in [1.165, 1.54) is 6.42 Å². The van der Waals surface area contributed by atoms with Crippen molar-refractivity contribution in [3.05, 3.63) is 33.8 Å². The van der Waals surface area contributed by atoms with Crippen LogP contribution in [-0.2, 0) is 6.42 Å². The topological polar surface area (TPSA) is 12.0 Å². The molecule has 1 N–H and O–H groups in total. The first-order valence-corrected chi connectivity index (χ1v) is 6.53. The molecular formula is C13H19Cl2N. The summed E-state index contributed by atoms with van der Waals surface area (Å²) in [6.07, 6.45) is 2.17. The minimum Gasteiger partial charge on any atom is -0.316 e. The molecule has 0 aliphatic heterocycles. The molecule has 0 amide bonds. The summed E-state index contributed by atoms with van der Waals surface area (Å²) in [6.45, 7) is 6.50. The minimum atomic E-state index is 0.696. The van der Waals surface area contributed by atoms with E-state index in [9.17, 15) is 0 Å². The van der Waals surface area contributed by atoms with E-state index in [0.717, 1.165) is 36.0 Å². The van der Waals surface area contributed by atoms with Crippen molar-refractivity contribution in [3.8, 4) is 0 Å². The van der Waals surface area contributed by atoms with Crippen LogP contribution in [0.1, 0.15) is 25.8 Å². The average Bonchev–Trinajstić information content (AvgIpc) is 2.26. The monoisotopic (exact) mass is 259 g/mol. The second-order valence-corrected chi connectivity index (χ2v) is 5.05. The zero-order chi connectivity index (χ0) is 12.0. The molecular weight excluding hydrogens is 241 g/mol. The predicted octanol–water partition coefficient (Wildman–Crippen LogP) is 4.17. The lowest BCUT2D eigenvalue weighted by molar-refractivity contribution is 0.502. The summed E-state index contributed by atoms with van der Waals surface area (Å²) >= 11 is 11.9. The van der Waals surface area contributed by atoms with Crippen LogP contribution in [0.25, 0.3) is 0 Å². The molecule has 1 nitrogen and oxygen atoms in total. The Morgan fingerprint density at radius 2 is 2.06 bits per heavy atom. The molecule has 1 atom stereocenters. The van der Waals surface area contributed by atoms with Crippen LogP contribution in [-0.4, -0.2) is 13.1 Å². The Morgan fingerprint density at radius 1 is 1.31 bits per heavy atom. The molecule has 0 aliphatic carbocycles. The third-order valence-corrected chi connectivity index (χ3v) is 3.36. The summed E-state index contributed by atoms with van der Waals surface area (Å²) < 4.78 is 0. The number of rotatable bonds is 6. The summed E-state index contributed by atoms with van der Waals surface area (Å²) in [5, 5.41) is 4.89. The smallest absolute Gasteiger partial charge is 0.0453 e. The Morgan fingerprint density at radius 3 is 2.69 bits per heavy atom. The van der Waals surface area contributed by atoms with Crippen molar-refractivity contribution in [1.82, 2.24) is 5.32 Å². The molecule has 0 saturated heterocycles. The molecule has 1 unspecified atom stereocenters. The number of hydrogen-bond donors (Lipinski definition) is 1. The van der Waals surface area contributed by atoms with E-state index in [2.05, 4.69) is 19.2 Å². The van der Waals surface area contributed by atoms with Crippen LogP contribution in [0.3, 0.4) is 0 Å². The zero-order valence-corrected chi connectivity index (χ0v) is 11.4. The first kappa shape index (κ1) is 13.8. The molecule has 1 aromatic rings. The highest BCUT2D eigenvalue weighted by Gasteiger charge is 2.02. The van der Waals surface area contributed by atoms with Gasteiger partial charge in [0.05, 0.1) is 0 Å². The molecule has 0 fully saturated rings.